The molecule has 8 nitrogen and oxygen atoms in total. The predicted octanol–water partition coefficient (Wildman–Crippen LogP) is 4.91. The molecule has 0 unspecified atom stereocenters. The summed E-state index contributed by atoms with van der Waals surface area (Å²) in [4.78, 5) is 44.1. The molecular weight excluding hydrogens is 542 g/mol. The summed E-state index contributed by atoms with van der Waals surface area (Å²) in [6.45, 7) is 9.29. The first-order valence-corrected chi connectivity index (χ1v) is 16.9. The molecule has 4 atom stereocenters. The summed E-state index contributed by atoms with van der Waals surface area (Å²) in [6, 6.07) is 9.07. The van der Waals surface area contributed by atoms with E-state index in [9.17, 15) is 24.6 Å². The molecule has 0 bridgehead atoms. The lowest BCUT2D eigenvalue weighted by Gasteiger charge is -2.34. The van der Waals surface area contributed by atoms with Crippen LogP contribution in [0.25, 0.3) is 0 Å². The Hall–Kier alpha value is -2.45. The minimum atomic E-state index is -1.06. The molecule has 3 N–H and O–H groups in total. The van der Waals surface area contributed by atoms with E-state index in [1.54, 1.807) is 9.80 Å². The number of benzene rings is 1. The molecular formula is C35H57N3O5. The molecule has 0 aromatic heterocycles. The van der Waals surface area contributed by atoms with Gasteiger partial charge in [0.15, 0.2) is 0 Å². The highest BCUT2D eigenvalue weighted by Crippen LogP contribution is 2.37. The average molecular weight is 600 g/mol. The monoisotopic (exact) mass is 599 g/mol. The van der Waals surface area contributed by atoms with Gasteiger partial charge < -0.3 is 25.3 Å². The van der Waals surface area contributed by atoms with Crippen LogP contribution in [0, 0.1) is 23.7 Å². The molecule has 8 heteroatoms. The lowest BCUT2D eigenvalue weighted by molar-refractivity contribution is -0.143. The van der Waals surface area contributed by atoms with Gasteiger partial charge in [-0.05, 0) is 56.4 Å². The normalized spacial score (nSPS) is 18.5. The van der Waals surface area contributed by atoms with Gasteiger partial charge in [0.05, 0.1) is 12.1 Å². The number of rotatable bonds is 18. The Bertz CT molecular complexity index is 988. The van der Waals surface area contributed by atoms with E-state index in [0.717, 1.165) is 44.1 Å². The Morgan fingerprint density at radius 1 is 0.860 bits per heavy atom. The van der Waals surface area contributed by atoms with Crippen LogP contribution in [0.5, 0.6) is 0 Å². The molecule has 0 radical (unpaired) electrons. The molecule has 1 aromatic rings. The molecule has 0 aliphatic heterocycles. The van der Waals surface area contributed by atoms with Crippen molar-refractivity contribution in [2.24, 2.45) is 23.7 Å². The third kappa shape index (κ3) is 11.9. The van der Waals surface area contributed by atoms with E-state index in [1.807, 2.05) is 58.0 Å². The molecule has 2 fully saturated rings. The van der Waals surface area contributed by atoms with Crippen LogP contribution in [0.15, 0.2) is 30.3 Å². The Morgan fingerprint density at radius 2 is 1.49 bits per heavy atom. The van der Waals surface area contributed by atoms with Gasteiger partial charge in [-0.1, -0.05) is 89.1 Å². The molecule has 0 spiro atoms. The lowest BCUT2D eigenvalue weighted by atomic mass is 9.82. The number of amides is 3. The summed E-state index contributed by atoms with van der Waals surface area (Å²) >= 11 is 0. The van der Waals surface area contributed by atoms with Gasteiger partial charge in [-0.25, -0.2) is 0 Å². The third-order valence-corrected chi connectivity index (χ3v) is 9.28. The minimum Gasteiger partial charge on any atom is -0.390 e. The van der Waals surface area contributed by atoms with Crippen LogP contribution in [0.4, 0.5) is 0 Å². The second-order valence-corrected chi connectivity index (χ2v) is 13.4. The SMILES string of the molecule is CCN(CC)C(=O)CN(Cc1ccccc1)C(=O)C[C@@H](CC1CC1)C(=O)N[C@@H](CC1CCCCC1)[C@@H](O)[C@@H](O)CC(C)C. The van der Waals surface area contributed by atoms with Crippen LogP contribution in [0.2, 0.25) is 0 Å². The van der Waals surface area contributed by atoms with Gasteiger partial charge in [0.2, 0.25) is 17.7 Å². The molecule has 0 heterocycles. The summed E-state index contributed by atoms with van der Waals surface area (Å²) in [7, 11) is 0. The minimum absolute atomic E-state index is 0.0154. The van der Waals surface area contributed by atoms with Crippen molar-refractivity contribution >= 4 is 17.7 Å². The third-order valence-electron chi connectivity index (χ3n) is 9.28. The largest absolute Gasteiger partial charge is 0.390 e. The van der Waals surface area contributed by atoms with E-state index in [0.29, 0.717) is 50.7 Å². The molecule has 3 rings (SSSR count). The quantitative estimate of drug-likeness (QED) is 0.222. The molecule has 2 aliphatic carbocycles. The smallest absolute Gasteiger partial charge is 0.242 e. The Labute approximate surface area is 259 Å². The van der Waals surface area contributed by atoms with Crippen molar-refractivity contribution in [2.75, 3.05) is 19.6 Å². The van der Waals surface area contributed by atoms with E-state index in [2.05, 4.69) is 5.32 Å². The lowest BCUT2D eigenvalue weighted by Crippen LogP contribution is -2.52. The topological polar surface area (TPSA) is 110 Å². The number of carbonyl (C=O) groups is 3. The zero-order valence-electron chi connectivity index (χ0n) is 27.0. The number of hydrogen-bond donors (Lipinski definition) is 3. The van der Waals surface area contributed by atoms with Gasteiger partial charge >= 0.3 is 0 Å². The van der Waals surface area contributed by atoms with Crippen molar-refractivity contribution in [3.8, 4) is 0 Å². The molecule has 2 saturated carbocycles. The fraction of sp³-hybridized carbons (Fsp3) is 0.743. The first kappa shape index (κ1) is 35.0. The van der Waals surface area contributed by atoms with E-state index < -0.39 is 24.2 Å². The Morgan fingerprint density at radius 3 is 2.07 bits per heavy atom. The van der Waals surface area contributed by atoms with Crippen molar-refractivity contribution in [1.29, 1.82) is 0 Å². The van der Waals surface area contributed by atoms with Crippen LogP contribution >= 0.6 is 0 Å². The first-order chi connectivity index (χ1) is 20.6. The fourth-order valence-corrected chi connectivity index (χ4v) is 6.51. The average Bonchev–Trinajstić information content (AvgIpc) is 3.81. The zero-order chi connectivity index (χ0) is 31.4. The standard InChI is InChI=1S/C35H57N3O5/c1-5-37(6-2)33(41)24-38(23-28-15-11-8-12-16-28)32(40)22-29(20-27-17-18-27)35(43)36-30(21-26-13-9-7-10-14-26)34(42)31(39)19-25(3)4/h8,11-12,15-16,25-27,29-31,34,39,42H,5-7,9-10,13-14,17-24H2,1-4H3,(H,36,43)/t29-,30+,31+,34-/m1/s1. The van der Waals surface area contributed by atoms with Gasteiger partial charge in [0.25, 0.3) is 0 Å². The highest BCUT2D eigenvalue weighted by Gasteiger charge is 2.36. The highest BCUT2D eigenvalue weighted by atomic mass is 16.3. The predicted molar refractivity (Wildman–Crippen MR) is 170 cm³/mol. The van der Waals surface area contributed by atoms with Crippen molar-refractivity contribution in [2.45, 2.75) is 123 Å². The number of nitrogens with one attached hydrogen (secondary N) is 1. The molecule has 1 aromatic carbocycles. The van der Waals surface area contributed by atoms with Crippen LogP contribution in [0.3, 0.4) is 0 Å². The van der Waals surface area contributed by atoms with Crippen LogP contribution in [0.1, 0.15) is 104 Å². The number of nitrogens with zero attached hydrogens (tertiary/aromatic N) is 2. The summed E-state index contributed by atoms with van der Waals surface area (Å²) in [6.07, 6.45) is 7.48. The van der Waals surface area contributed by atoms with Gasteiger partial charge in [0, 0.05) is 32.0 Å². The van der Waals surface area contributed by atoms with E-state index >= 15 is 0 Å². The zero-order valence-corrected chi connectivity index (χ0v) is 27.0. The van der Waals surface area contributed by atoms with Gasteiger partial charge in [-0.15, -0.1) is 0 Å². The molecule has 2 aliphatic rings. The van der Waals surface area contributed by atoms with Gasteiger partial charge in [0.1, 0.15) is 12.6 Å². The maximum Gasteiger partial charge on any atom is 0.242 e. The summed E-state index contributed by atoms with van der Waals surface area (Å²) < 4.78 is 0. The number of carbonyl (C=O) groups excluding carboxylic acids is 3. The fourth-order valence-electron chi connectivity index (χ4n) is 6.51. The molecule has 43 heavy (non-hydrogen) atoms. The number of likely N-dealkylation sites (N-methyl/N-ethyl adjacent to an activating group) is 1. The Balaban J connectivity index is 1.77. The van der Waals surface area contributed by atoms with Crippen LogP contribution < -0.4 is 5.32 Å². The number of hydrogen-bond acceptors (Lipinski definition) is 5. The van der Waals surface area contributed by atoms with Crippen molar-refractivity contribution in [1.82, 2.24) is 15.1 Å². The Kier molecular flexibility index (Phi) is 14.5. The molecule has 0 saturated heterocycles. The van der Waals surface area contributed by atoms with E-state index in [1.165, 1.54) is 6.42 Å². The van der Waals surface area contributed by atoms with E-state index in [-0.39, 0.29) is 36.6 Å². The van der Waals surface area contributed by atoms with Crippen molar-refractivity contribution < 1.29 is 24.6 Å². The van der Waals surface area contributed by atoms with Crippen LogP contribution in [-0.2, 0) is 20.9 Å². The van der Waals surface area contributed by atoms with E-state index in [4.69, 9.17) is 0 Å². The maximum absolute atomic E-state index is 13.9. The second-order valence-electron chi connectivity index (χ2n) is 13.4. The number of aliphatic hydroxyl groups excluding tert-OH is 2. The van der Waals surface area contributed by atoms with Gasteiger partial charge in [-0.3, -0.25) is 14.4 Å². The summed E-state index contributed by atoms with van der Waals surface area (Å²) in [5, 5.41) is 25.2. The maximum atomic E-state index is 13.9. The second kappa shape index (κ2) is 17.7. The molecule has 3 amide bonds. The first-order valence-electron chi connectivity index (χ1n) is 16.9. The van der Waals surface area contributed by atoms with Crippen molar-refractivity contribution in [3.63, 3.8) is 0 Å². The summed E-state index contributed by atoms with van der Waals surface area (Å²) in [5.41, 5.74) is 0.932. The van der Waals surface area contributed by atoms with Crippen molar-refractivity contribution in [3.05, 3.63) is 35.9 Å². The number of aliphatic hydroxyl groups is 2. The summed E-state index contributed by atoms with van der Waals surface area (Å²) in [5.74, 6) is -0.0726. The van der Waals surface area contributed by atoms with Gasteiger partial charge in [-0.2, -0.15) is 0 Å². The molecule has 242 valence electrons. The highest BCUT2D eigenvalue weighted by molar-refractivity contribution is 5.88. The van der Waals surface area contributed by atoms with Crippen LogP contribution in [-0.4, -0.2) is 75.6 Å².